The van der Waals surface area contributed by atoms with Gasteiger partial charge in [-0.15, -0.1) is 0 Å². The first kappa shape index (κ1) is 17.7. The van der Waals surface area contributed by atoms with Crippen molar-refractivity contribution in [3.8, 4) is 0 Å². The molecule has 0 aromatic rings. The molecule has 6 heteroatoms. The third-order valence-corrected chi connectivity index (χ3v) is 3.04. The van der Waals surface area contributed by atoms with Crippen LogP contribution in [0.15, 0.2) is 0 Å². The highest BCUT2D eigenvalue weighted by molar-refractivity contribution is 5.86. The van der Waals surface area contributed by atoms with Gasteiger partial charge >= 0.3 is 6.09 Å². The van der Waals surface area contributed by atoms with Gasteiger partial charge in [0.25, 0.3) is 5.91 Å². The van der Waals surface area contributed by atoms with E-state index in [1.165, 1.54) is 17.1 Å². The number of carbonyl (C=O) groups excluding carboxylic acids is 2. The number of hydrazine groups is 1. The number of hydrogen-bond acceptors (Lipinski definition) is 4. The van der Waals surface area contributed by atoms with Crippen LogP contribution in [0.1, 0.15) is 34.6 Å². The van der Waals surface area contributed by atoms with Gasteiger partial charge in [-0.3, -0.25) is 14.7 Å². The number of hydrogen-bond donors (Lipinski definition) is 0. The summed E-state index contributed by atoms with van der Waals surface area (Å²) in [4.78, 5) is 26.1. The van der Waals surface area contributed by atoms with E-state index in [-0.39, 0.29) is 5.91 Å². The number of amides is 2. The molecule has 0 aromatic heterocycles. The maximum atomic E-state index is 12.4. The second-order valence-corrected chi connectivity index (χ2v) is 6.29. The van der Waals surface area contributed by atoms with E-state index in [4.69, 9.17) is 4.74 Å². The zero-order valence-electron chi connectivity index (χ0n) is 13.6. The lowest BCUT2D eigenvalue weighted by atomic mass is 10.0. The van der Waals surface area contributed by atoms with Crippen LogP contribution in [-0.4, -0.2) is 66.2 Å². The van der Waals surface area contributed by atoms with Crippen LogP contribution in [0.25, 0.3) is 0 Å². The van der Waals surface area contributed by atoms with E-state index >= 15 is 0 Å². The van der Waals surface area contributed by atoms with Crippen LogP contribution < -0.4 is 0 Å². The molecule has 0 aliphatic rings. The van der Waals surface area contributed by atoms with Gasteiger partial charge in [-0.25, -0.2) is 9.80 Å². The molecule has 0 N–H and O–H groups in total. The van der Waals surface area contributed by atoms with Gasteiger partial charge in [0.15, 0.2) is 0 Å². The van der Waals surface area contributed by atoms with Crippen LogP contribution in [-0.2, 0) is 9.53 Å². The van der Waals surface area contributed by atoms with E-state index < -0.39 is 17.2 Å². The lowest BCUT2D eigenvalue weighted by Crippen LogP contribution is -2.57. The second kappa shape index (κ2) is 5.77. The van der Waals surface area contributed by atoms with Crippen molar-refractivity contribution in [1.29, 1.82) is 0 Å². The molecule has 0 unspecified atom stereocenters. The van der Waals surface area contributed by atoms with Crippen LogP contribution >= 0.6 is 0 Å². The third-order valence-electron chi connectivity index (χ3n) is 3.04. The van der Waals surface area contributed by atoms with Crippen LogP contribution in [0, 0.1) is 0 Å². The fourth-order valence-corrected chi connectivity index (χ4v) is 1.17. The monoisotopic (exact) mass is 273 g/mol. The number of carbonyl (C=O) groups is 2. The Morgan fingerprint density at radius 3 is 1.58 bits per heavy atom. The molecule has 0 aromatic carbocycles. The zero-order valence-corrected chi connectivity index (χ0v) is 13.6. The van der Waals surface area contributed by atoms with Crippen LogP contribution in [0.4, 0.5) is 4.79 Å². The van der Waals surface area contributed by atoms with Gasteiger partial charge in [-0.2, -0.15) is 0 Å². The molecule has 0 spiro atoms. The van der Waals surface area contributed by atoms with Gasteiger partial charge in [0, 0.05) is 14.1 Å². The molecule has 0 heterocycles. The number of nitrogens with zero attached hydrogens (tertiary/aromatic N) is 3. The summed E-state index contributed by atoms with van der Waals surface area (Å²) < 4.78 is 5.22. The van der Waals surface area contributed by atoms with Gasteiger partial charge in [-0.1, -0.05) is 0 Å². The van der Waals surface area contributed by atoms with Crippen molar-refractivity contribution in [3.63, 3.8) is 0 Å². The van der Waals surface area contributed by atoms with Gasteiger partial charge in [0.2, 0.25) is 0 Å². The van der Waals surface area contributed by atoms with Gasteiger partial charge < -0.3 is 4.74 Å². The van der Waals surface area contributed by atoms with Crippen molar-refractivity contribution >= 4 is 12.0 Å². The minimum atomic E-state index is -0.703. The third kappa shape index (κ3) is 4.70. The highest BCUT2D eigenvalue weighted by Gasteiger charge is 2.36. The normalized spacial score (nSPS) is 12.3. The Morgan fingerprint density at radius 1 is 0.842 bits per heavy atom. The van der Waals surface area contributed by atoms with E-state index in [0.29, 0.717) is 0 Å². The predicted octanol–water partition coefficient (Wildman–Crippen LogP) is 1.57. The highest BCUT2D eigenvalue weighted by Crippen LogP contribution is 2.16. The Kier molecular flexibility index (Phi) is 5.38. The van der Waals surface area contributed by atoms with Crippen molar-refractivity contribution in [1.82, 2.24) is 14.9 Å². The Hall–Kier alpha value is -1.30. The van der Waals surface area contributed by atoms with E-state index in [9.17, 15) is 9.59 Å². The summed E-state index contributed by atoms with van der Waals surface area (Å²) in [5, 5.41) is 2.45. The molecule has 0 saturated heterocycles. The molecular weight excluding hydrogens is 246 g/mol. The first-order valence-corrected chi connectivity index (χ1v) is 6.23. The average molecular weight is 273 g/mol. The lowest BCUT2D eigenvalue weighted by Gasteiger charge is -2.38. The largest absolute Gasteiger partial charge is 0.442 e. The Bertz CT molecular complexity index is 346. The predicted molar refractivity (Wildman–Crippen MR) is 74.5 cm³/mol. The summed E-state index contributed by atoms with van der Waals surface area (Å²) in [6.45, 7) is 8.95. The summed E-state index contributed by atoms with van der Waals surface area (Å²) in [5.41, 5.74) is -1.29. The molecule has 0 radical (unpaired) electrons. The molecule has 0 aliphatic heterocycles. The van der Waals surface area contributed by atoms with Crippen molar-refractivity contribution in [3.05, 3.63) is 0 Å². The Balaban J connectivity index is 4.88. The van der Waals surface area contributed by atoms with Gasteiger partial charge in [0.1, 0.15) is 5.60 Å². The molecule has 112 valence electrons. The van der Waals surface area contributed by atoms with Gasteiger partial charge in [0.05, 0.1) is 5.54 Å². The molecule has 2 amide bonds. The van der Waals surface area contributed by atoms with Crippen LogP contribution in [0.5, 0.6) is 0 Å². The minimum Gasteiger partial charge on any atom is -0.442 e. The first-order chi connectivity index (χ1) is 8.30. The minimum absolute atomic E-state index is 0.189. The Labute approximate surface area is 116 Å². The Morgan fingerprint density at radius 2 is 1.26 bits per heavy atom. The molecule has 0 fully saturated rings. The molecule has 19 heavy (non-hydrogen) atoms. The summed E-state index contributed by atoms with van der Waals surface area (Å²) in [6, 6.07) is 0. The van der Waals surface area contributed by atoms with Crippen molar-refractivity contribution in [2.24, 2.45) is 0 Å². The number of rotatable bonds is 2. The molecule has 0 bridgehead atoms. The fourth-order valence-electron chi connectivity index (χ4n) is 1.17. The van der Waals surface area contributed by atoms with Gasteiger partial charge in [-0.05, 0) is 48.7 Å². The van der Waals surface area contributed by atoms with E-state index in [0.717, 1.165) is 0 Å². The second-order valence-electron chi connectivity index (χ2n) is 6.29. The maximum Gasteiger partial charge on any atom is 0.429 e. The fraction of sp³-hybridized carbons (Fsp3) is 0.846. The number of ether oxygens (including phenoxy) is 1. The van der Waals surface area contributed by atoms with E-state index in [1.807, 2.05) is 14.1 Å². The highest BCUT2D eigenvalue weighted by atomic mass is 16.6. The maximum absolute atomic E-state index is 12.4. The number of likely N-dealkylation sites (N-methyl/N-ethyl adjacent to an activating group) is 2. The van der Waals surface area contributed by atoms with Crippen LogP contribution in [0.3, 0.4) is 0 Å². The smallest absolute Gasteiger partial charge is 0.429 e. The van der Waals surface area contributed by atoms with Crippen molar-refractivity contribution in [2.75, 3.05) is 28.2 Å². The summed E-state index contributed by atoms with van der Waals surface area (Å²) in [5.74, 6) is -0.189. The standard InChI is InChI=1S/C13H27N3O3/c1-12(2,3)19-11(18)16(9)15(8)10(17)13(4,5)14(6)7/h1-9H3. The molecule has 0 saturated carbocycles. The lowest BCUT2D eigenvalue weighted by molar-refractivity contribution is -0.153. The molecule has 0 rings (SSSR count). The quantitative estimate of drug-likeness (QED) is 0.717. The first-order valence-electron chi connectivity index (χ1n) is 6.23. The average Bonchev–Trinajstić information content (AvgIpc) is 2.23. The summed E-state index contributed by atoms with van der Waals surface area (Å²) in [6.07, 6.45) is -0.557. The molecular formula is C13H27N3O3. The topological polar surface area (TPSA) is 53.1 Å². The molecule has 0 aliphatic carbocycles. The summed E-state index contributed by atoms with van der Waals surface area (Å²) >= 11 is 0. The SMILES string of the molecule is CN(C(=O)OC(C)(C)C)N(C)C(=O)C(C)(C)N(C)C. The van der Waals surface area contributed by atoms with E-state index in [1.54, 1.807) is 46.6 Å². The van der Waals surface area contributed by atoms with Crippen LogP contribution in [0.2, 0.25) is 0 Å². The molecule has 6 nitrogen and oxygen atoms in total. The van der Waals surface area contributed by atoms with E-state index in [2.05, 4.69) is 0 Å². The summed E-state index contributed by atoms with van der Waals surface area (Å²) in [7, 11) is 6.70. The van der Waals surface area contributed by atoms with Crippen molar-refractivity contribution < 1.29 is 14.3 Å². The molecule has 0 atom stereocenters. The van der Waals surface area contributed by atoms with Crippen molar-refractivity contribution in [2.45, 2.75) is 45.8 Å². The zero-order chi connectivity index (χ0) is 15.6.